The van der Waals surface area contributed by atoms with Crippen molar-refractivity contribution < 1.29 is 9.57 Å². The van der Waals surface area contributed by atoms with Gasteiger partial charge >= 0.3 is 0 Å². The molecule has 0 N–H and O–H groups in total. The molecule has 0 unspecified atom stereocenters. The van der Waals surface area contributed by atoms with Gasteiger partial charge in [-0.15, -0.1) is 0 Å². The number of ether oxygens (including phenoxy) is 1. The van der Waals surface area contributed by atoms with Crippen LogP contribution in [0.25, 0.3) is 11.0 Å². The molecule has 0 amide bonds. The maximum absolute atomic E-state index is 6.12. The van der Waals surface area contributed by atoms with Gasteiger partial charge in [0.25, 0.3) is 0 Å². The molecule has 2 rings (SSSR count). The predicted octanol–water partition coefficient (Wildman–Crippen LogP) is 4.74. The number of aromatic nitrogens is 2. The van der Waals surface area contributed by atoms with E-state index in [9.17, 15) is 0 Å². The number of hydrogen-bond acceptors (Lipinski definition) is 3. The molecule has 2 heterocycles. The number of hydrogen-bond donors (Lipinski definition) is 0. The highest BCUT2D eigenvalue weighted by atomic mass is 35.5. The average Bonchev–Trinajstić information content (AvgIpc) is 2.64. The van der Waals surface area contributed by atoms with Gasteiger partial charge in [0.2, 0.25) is 6.79 Å². The molecule has 0 saturated carbocycles. The minimum Gasteiger partial charge on any atom is -0.384 e. The summed E-state index contributed by atoms with van der Waals surface area (Å²) in [5, 5.41) is 0.984. The Morgan fingerprint density at radius 3 is 2.57 bits per heavy atom. The van der Waals surface area contributed by atoms with E-state index in [0.29, 0.717) is 27.8 Å². The highest BCUT2D eigenvalue weighted by Gasteiger charge is 2.14. The Balaban J connectivity index is 2.02. The second-order valence-electron chi connectivity index (χ2n) is 5.89. The number of rotatable bonds is 6. The quantitative estimate of drug-likeness (QED) is 0.320. The summed E-state index contributed by atoms with van der Waals surface area (Å²) in [6.07, 6.45) is 0. The highest BCUT2D eigenvalue weighted by molar-refractivity contribution is 6.76. The van der Waals surface area contributed by atoms with Crippen LogP contribution in [0.3, 0.4) is 0 Å². The van der Waals surface area contributed by atoms with E-state index in [1.165, 1.54) is 4.73 Å². The summed E-state index contributed by atoms with van der Waals surface area (Å²) in [5.74, 6) is 0. The number of fused-ring (bicyclic) bond motifs is 1. The van der Waals surface area contributed by atoms with Crippen molar-refractivity contribution in [2.24, 2.45) is 0 Å². The van der Waals surface area contributed by atoms with Gasteiger partial charge in [0.1, 0.15) is 15.8 Å². The van der Waals surface area contributed by atoms with Crippen molar-refractivity contribution in [1.29, 1.82) is 0 Å². The van der Waals surface area contributed by atoms with E-state index in [2.05, 4.69) is 24.6 Å². The Bertz CT molecular complexity index is 640. The van der Waals surface area contributed by atoms with E-state index in [1.807, 2.05) is 0 Å². The molecule has 21 heavy (non-hydrogen) atoms. The molecule has 116 valence electrons. The second-order valence-corrected chi connectivity index (χ2v) is 12.7. The molecule has 8 heteroatoms. The van der Waals surface area contributed by atoms with E-state index in [0.717, 1.165) is 6.04 Å². The minimum absolute atomic E-state index is 0.119. The van der Waals surface area contributed by atoms with Crippen LogP contribution >= 0.6 is 34.8 Å². The second kappa shape index (κ2) is 6.75. The van der Waals surface area contributed by atoms with Gasteiger partial charge in [-0.05, 0) is 12.1 Å². The third-order valence-electron chi connectivity index (χ3n) is 2.87. The standard InChI is InChI=1S/C13H17Cl3N2O2Si/c1-21(2,3)5-4-19-8-20-18-11-6-9(14)13(16)17-10(11)7-12(18)15/h6-7H,4-5,8H2,1-3H3. The van der Waals surface area contributed by atoms with Gasteiger partial charge < -0.3 is 9.57 Å². The topological polar surface area (TPSA) is 36.3 Å². The van der Waals surface area contributed by atoms with Crippen LogP contribution in [0, 0.1) is 0 Å². The fourth-order valence-electron chi connectivity index (χ4n) is 1.68. The number of nitrogens with zero attached hydrogens (tertiary/aromatic N) is 2. The van der Waals surface area contributed by atoms with Gasteiger partial charge in [-0.25, -0.2) is 4.98 Å². The number of pyridine rings is 1. The smallest absolute Gasteiger partial charge is 0.214 e. The maximum Gasteiger partial charge on any atom is 0.214 e. The first-order valence-electron chi connectivity index (χ1n) is 6.52. The average molecular weight is 368 g/mol. The first-order chi connectivity index (χ1) is 9.78. The highest BCUT2D eigenvalue weighted by Crippen LogP contribution is 2.28. The molecular formula is C13H17Cl3N2O2Si. The van der Waals surface area contributed by atoms with Crippen molar-refractivity contribution in [3.05, 3.63) is 27.5 Å². The van der Waals surface area contributed by atoms with E-state index in [1.54, 1.807) is 12.1 Å². The van der Waals surface area contributed by atoms with Gasteiger partial charge in [0.15, 0.2) is 0 Å². The third-order valence-corrected chi connectivity index (χ3v) is 5.51. The normalized spacial score (nSPS) is 12.1. The summed E-state index contributed by atoms with van der Waals surface area (Å²) in [7, 11) is -1.10. The molecule has 0 aliphatic rings. The first-order valence-corrected chi connectivity index (χ1v) is 11.4. The zero-order valence-electron chi connectivity index (χ0n) is 12.1. The lowest BCUT2D eigenvalue weighted by atomic mass is 10.4. The van der Waals surface area contributed by atoms with Crippen LogP contribution in [0.1, 0.15) is 0 Å². The van der Waals surface area contributed by atoms with Crippen LogP contribution in [-0.2, 0) is 4.74 Å². The van der Waals surface area contributed by atoms with Crippen molar-refractivity contribution >= 4 is 53.9 Å². The summed E-state index contributed by atoms with van der Waals surface area (Å²) in [4.78, 5) is 9.68. The largest absolute Gasteiger partial charge is 0.384 e. The Labute approximate surface area is 139 Å². The lowest BCUT2D eigenvalue weighted by molar-refractivity contribution is -0.0512. The van der Waals surface area contributed by atoms with Crippen LogP contribution in [-0.4, -0.2) is 31.2 Å². The molecule has 0 fully saturated rings. The molecule has 0 bridgehead atoms. The van der Waals surface area contributed by atoms with E-state index < -0.39 is 8.07 Å². The fraction of sp³-hybridized carbons (Fsp3) is 0.462. The molecule has 4 nitrogen and oxygen atoms in total. The van der Waals surface area contributed by atoms with Crippen molar-refractivity contribution in [2.75, 3.05) is 13.4 Å². The van der Waals surface area contributed by atoms with Crippen molar-refractivity contribution in [1.82, 2.24) is 9.71 Å². The summed E-state index contributed by atoms with van der Waals surface area (Å²) in [6.45, 7) is 7.69. The lowest BCUT2D eigenvalue weighted by Crippen LogP contribution is -2.23. The van der Waals surface area contributed by atoms with Crippen LogP contribution in [0.15, 0.2) is 12.1 Å². The number of halogens is 3. The molecular weight excluding hydrogens is 351 g/mol. The zero-order valence-corrected chi connectivity index (χ0v) is 15.4. The SMILES string of the molecule is C[Si](C)(C)CCOCOn1c(Cl)cc2nc(Cl)c(Cl)cc21. The third kappa shape index (κ3) is 4.50. The molecule has 2 aromatic rings. The summed E-state index contributed by atoms with van der Waals surface area (Å²) in [6, 6.07) is 4.42. The van der Waals surface area contributed by atoms with Crippen LogP contribution < -0.4 is 4.84 Å². The summed E-state index contributed by atoms with van der Waals surface area (Å²) < 4.78 is 6.94. The van der Waals surface area contributed by atoms with Crippen LogP contribution in [0.5, 0.6) is 0 Å². The monoisotopic (exact) mass is 366 g/mol. The molecule has 0 aromatic carbocycles. The van der Waals surface area contributed by atoms with Gasteiger partial charge in [-0.2, -0.15) is 4.73 Å². The Morgan fingerprint density at radius 1 is 1.19 bits per heavy atom. The van der Waals surface area contributed by atoms with E-state index >= 15 is 0 Å². The fourth-order valence-corrected chi connectivity index (χ4v) is 2.97. The van der Waals surface area contributed by atoms with Gasteiger partial charge in [0.05, 0.1) is 10.5 Å². The maximum atomic E-state index is 6.12. The Hall–Kier alpha value is -0.463. The summed E-state index contributed by atoms with van der Waals surface area (Å²) in [5.41, 5.74) is 1.28. The lowest BCUT2D eigenvalue weighted by Gasteiger charge is -2.16. The van der Waals surface area contributed by atoms with Crippen molar-refractivity contribution in [3.63, 3.8) is 0 Å². The van der Waals surface area contributed by atoms with Gasteiger partial charge in [-0.3, -0.25) is 0 Å². The molecule has 0 aliphatic carbocycles. The van der Waals surface area contributed by atoms with Crippen LogP contribution in [0.4, 0.5) is 0 Å². The molecule has 0 aliphatic heterocycles. The predicted molar refractivity (Wildman–Crippen MR) is 90.3 cm³/mol. The van der Waals surface area contributed by atoms with Gasteiger partial charge in [0, 0.05) is 20.7 Å². The molecule has 0 atom stereocenters. The molecule has 0 spiro atoms. The molecule has 2 aromatic heterocycles. The van der Waals surface area contributed by atoms with Crippen molar-refractivity contribution in [3.8, 4) is 0 Å². The first kappa shape index (κ1) is 16.9. The van der Waals surface area contributed by atoms with Gasteiger partial charge in [-0.1, -0.05) is 54.4 Å². The molecule has 0 radical (unpaired) electrons. The Kier molecular flexibility index (Phi) is 5.43. The van der Waals surface area contributed by atoms with E-state index in [-0.39, 0.29) is 11.9 Å². The van der Waals surface area contributed by atoms with E-state index in [4.69, 9.17) is 44.4 Å². The zero-order chi connectivity index (χ0) is 15.6. The Morgan fingerprint density at radius 2 is 1.90 bits per heavy atom. The van der Waals surface area contributed by atoms with Crippen LogP contribution in [0.2, 0.25) is 41.0 Å². The van der Waals surface area contributed by atoms with Crippen molar-refractivity contribution in [2.45, 2.75) is 25.7 Å². The summed E-state index contributed by atoms with van der Waals surface area (Å²) >= 11 is 18.0. The molecule has 0 saturated heterocycles. The minimum atomic E-state index is -1.10.